The second-order valence-corrected chi connectivity index (χ2v) is 22.6. The molecule has 4 aromatic rings. The van der Waals surface area contributed by atoms with E-state index < -0.39 is 0 Å². The number of rotatable bonds is 37. The van der Waals surface area contributed by atoms with Crippen molar-refractivity contribution in [1.82, 2.24) is 0 Å². The van der Waals surface area contributed by atoms with Gasteiger partial charge in [0.1, 0.15) is 0 Å². The summed E-state index contributed by atoms with van der Waals surface area (Å²) in [5, 5.41) is 2.23. The Morgan fingerprint density at radius 1 is 0.413 bits per heavy atom. The predicted molar refractivity (Wildman–Crippen MR) is 324 cm³/mol. The van der Waals surface area contributed by atoms with E-state index in [4.69, 9.17) is 0 Å². The summed E-state index contributed by atoms with van der Waals surface area (Å²) < 4.78 is 1.55. The number of aryl methyl sites for hydroxylation is 2. The molecule has 2 unspecified atom stereocenters. The van der Waals surface area contributed by atoms with Crippen LogP contribution in [-0.2, 0) is 38.1 Å². The monoisotopic (exact) mass is 1050 g/mol. The van der Waals surface area contributed by atoms with Gasteiger partial charge in [-0.15, -0.1) is 23.7 Å². The van der Waals surface area contributed by atoms with Crippen molar-refractivity contribution >= 4 is 11.4 Å². The van der Waals surface area contributed by atoms with Gasteiger partial charge in [0, 0.05) is 48.5 Å². The number of hydrogen-bond donors (Lipinski definition) is 0. The average molecular weight is 1050 g/mol. The van der Waals surface area contributed by atoms with E-state index in [0.29, 0.717) is 11.8 Å². The first kappa shape index (κ1) is 63.1. The Labute approximate surface area is 467 Å². The molecule has 0 saturated heterocycles. The summed E-state index contributed by atoms with van der Waals surface area (Å²) in [6.45, 7) is 11.5. The summed E-state index contributed by atoms with van der Waals surface area (Å²) in [4.78, 5) is 0. The van der Waals surface area contributed by atoms with Crippen LogP contribution in [0.15, 0.2) is 121 Å². The normalized spacial score (nSPS) is 12.9. The van der Waals surface area contributed by atoms with Crippen molar-refractivity contribution in [1.29, 1.82) is 0 Å². The van der Waals surface area contributed by atoms with Crippen molar-refractivity contribution < 1.29 is 19.1 Å². The van der Waals surface area contributed by atoms with Crippen LogP contribution >= 0.6 is 0 Å². The molecule has 1 aliphatic rings. The molecular formula is C72H102N2Ni. The van der Waals surface area contributed by atoms with E-state index in [9.17, 15) is 5.53 Å². The van der Waals surface area contributed by atoms with Crippen LogP contribution in [-0.4, -0.2) is 4.70 Å². The second kappa shape index (κ2) is 41.7. The van der Waals surface area contributed by atoms with Gasteiger partial charge < -0.3 is 5.53 Å². The molecule has 75 heavy (non-hydrogen) atoms. The Morgan fingerprint density at radius 3 is 1.31 bits per heavy atom. The fraction of sp³-hybridized carbons (Fsp3) is 0.556. The molecule has 3 heteroatoms. The van der Waals surface area contributed by atoms with E-state index in [1.54, 1.807) is 19.1 Å². The Hall–Kier alpha value is -4.43. The van der Waals surface area contributed by atoms with Crippen LogP contribution in [0, 0.1) is 35.5 Å². The number of benzene rings is 4. The van der Waals surface area contributed by atoms with Crippen molar-refractivity contribution in [2.45, 2.75) is 244 Å². The fourth-order valence-corrected chi connectivity index (χ4v) is 11.4. The van der Waals surface area contributed by atoms with Crippen molar-refractivity contribution in [3.8, 4) is 23.7 Å². The van der Waals surface area contributed by atoms with E-state index >= 15 is 0 Å². The van der Waals surface area contributed by atoms with Gasteiger partial charge >= 0.3 is 97.0 Å². The Balaban J connectivity index is 0.000000686. The fourth-order valence-electron chi connectivity index (χ4n) is 10.2. The molecular weight excluding hydrogens is 951 g/mol. The third kappa shape index (κ3) is 26.5. The first-order valence-electron chi connectivity index (χ1n) is 30.6. The molecule has 0 spiro atoms. The van der Waals surface area contributed by atoms with Crippen molar-refractivity contribution in [2.75, 3.05) is 0 Å². The molecule has 0 N–H and O–H groups in total. The Kier molecular flexibility index (Phi) is 35.1. The second-order valence-electron chi connectivity index (χ2n) is 21.4. The van der Waals surface area contributed by atoms with Crippen LogP contribution in [0.4, 0.5) is 0 Å². The van der Waals surface area contributed by atoms with Gasteiger partial charge in [-0.2, -0.15) is 0 Å². The molecule has 2 nitrogen and oxygen atoms in total. The summed E-state index contributed by atoms with van der Waals surface area (Å²) in [5.41, 5.74) is 23.3. The molecule has 4 aromatic carbocycles. The summed E-state index contributed by atoms with van der Waals surface area (Å²) >= 11 is 1.78. The maximum atomic E-state index is 12.2. The average Bonchev–Trinajstić information content (AvgIpc) is 3.78. The Morgan fingerprint density at radius 2 is 0.827 bits per heavy atom. The maximum absolute atomic E-state index is 12.2. The zero-order chi connectivity index (χ0) is 53.2. The summed E-state index contributed by atoms with van der Waals surface area (Å²) in [6.07, 6.45) is 40.2. The molecule has 0 aromatic heterocycles. The van der Waals surface area contributed by atoms with E-state index in [-0.39, 0.29) is 0 Å². The van der Waals surface area contributed by atoms with E-state index in [1.165, 1.54) is 162 Å². The zero-order valence-corrected chi connectivity index (χ0v) is 49.2. The van der Waals surface area contributed by atoms with E-state index in [1.807, 2.05) is 0 Å². The van der Waals surface area contributed by atoms with E-state index in [2.05, 4.69) is 174 Å². The standard InChI is InChI=1S/C58H88N2.2C7H7.Ni/c1-6-11-16-18-20-22-24-26-28-30-38-50(36-13-8-3)45-47-52-41-32-34-43-55(52)57-49-54(40-15-10-5)58(60(57)59)56-44-35-33-42-53(56)48-46-51(37-14-9-4)39-31-29-27-25-23-21-19-17-12-7-2;2*1-7-5-3-2-4-6-7;/h32-35,41-44,49-51H,6-27,36-40,45-48H2,1-5H3;2*2-6H,1H2;. The van der Waals surface area contributed by atoms with Gasteiger partial charge in [-0.3, -0.25) is 0 Å². The molecule has 1 aliphatic heterocycles. The molecule has 1 heterocycles. The molecule has 0 amide bonds. The van der Waals surface area contributed by atoms with Gasteiger partial charge in [0.15, 0.2) is 0 Å². The third-order valence-corrected chi connectivity index (χ3v) is 16.2. The summed E-state index contributed by atoms with van der Waals surface area (Å²) in [7, 11) is 0. The van der Waals surface area contributed by atoms with Crippen LogP contribution in [0.2, 0.25) is 0 Å². The summed E-state index contributed by atoms with van der Waals surface area (Å²) in [5.74, 6) is 15.5. The van der Waals surface area contributed by atoms with Crippen molar-refractivity contribution in [3.05, 3.63) is 160 Å². The van der Waals surface area contributed by atoms with Gasteiger partial charge in [-0.25, -0.2) is 4.70 Å². The molecule has 0 aliphatic carbocycles. The molecule has 0 fully saturated rings. The minimum atomic E-state index is 0.611. The SMILES string of the molecule is CCCCCCCCCC#CCC(CCCC)CCc1ccccc1C1=CC(CCCC)=C(c2ccccc2CCC(CC#CCCCCCCCCC)CCCC)[N+]1=[N-].c1ccc([CH2][Ni][CH2]c2ccccc2)cc1. The van der Waals surface area contributed by atoms with Gasteiger partial charge in [-0.1, -0.05) is 180 Å². The predicted octanol–water partition coefficient (Wildman–Crippen LogP) is 21.7. The Bertz CT molecular complexity index is 2260. The number of hydrogen-bond acceptors (Lipinski definition) is 0. The number of allylic oxidation sites excluding steroid dienone is 2. The number of nitrogens with zero attached hydrogens (tertiary/aromatic N) is 2. The van der Waals surface area contributed by atoms with Gasteiger partial charge in [0.2, 0.25) is 11.4 Å². The van der Waals surface area contributed by atoms with Crippen LogP contribution in [0.25, 0.3) is 16.9 Å². The van der Waals surface area contributed by atoms with Gasteiger partial charge in [0.25, 0.3) is 0 Å². The molecule has 5 rings (SSSR count). The number of unbranched alkanes of at least 4 members (excludes halogenated alkanes) is 17. The van der Waals surface area contributed by atoms with Crippen LogP contribution in [0.1, 0.15) is 254 Å². The molecule has 2 atom stereocenters. The third-order valence-electron chi connectivity index (χ3n) is 14.9. The van der Waals surface area contributed by atoms with Gasteiger partial charge in [0.05, 0.1) is 0 Å². The first-order chi connectivity index (χ1) is 37.0. The van der Waals surface area contributed by atoms with Crippen LogP contribution in [0.5, 0.6) is 0 Å². The topological polar surface area (TPSA) is 25.3 Å². The molecule has 0 saturated carbocycles. The van der Waals surface area contributed by atoms with Gasteiger partial charge in [-0.05, 0) is 99.3 Å². The van der Waals surface area contributed by atoms with Crippen LogP contribution in [0.3, 0.4) is 0 Å². The van der Waals surface area contributed by atoms with Crippen LogP contribution < -0.4 is 0 Å². The first-order valence-corrected chi connectivity index (χ1v) is 32.0. The van der Waals surface area contributed by atoms with Crippen molar-refractivity contribution in [2.24, 2.45) is 11.8 Å². The molecule has 0 bridgehead atoms. The zero-order valence-electron chi connectivity index (χ0n) is 48.2. The molecule has 410 valence electrons. The molecule has 0 radical (unpaired) electrons. The summed E-state index contributed by atoms with van der Waals surface area (Å²) in [6, 6.07) is 39.0. The van der Waals surface area contributed by atoms with Crippen molar-refractivity contribution in [3.63, 3.8) is 0 Å². The minimum absolute atomic E-state index is 0.611. The van der Waals surface area contributed by atoms with E-state index in [0.717, 1.165) is 98.4 Å². The quantitative estimate of drug-likeness (QED) is 0.0186.